The van der Waals surface area contributed by atoms with E-state index in [9.17, 15) is 19.0 Å². The Labute approximate surface area is 420 Å². The van der Waals surface area contributed by atoms with E-state index >= 15 is 0 Å². The monoisotopic (exact) mass is 988 g/mol. The van der Waals surface area contributed by atoms with Crippen LogP contribution in [-0.2, 0) is 32.7 Å². The second-order valence-corrected chi connectivity index (χ2v) is 22.0. The largest absolute Gasteiger partial charge is 0.480 e. The minimum atomic E-state index is -4.62. The number of nitrogens with two attached hydrogens (primary N) is 1. The van der Waals surface area contributed by atoms with Crippen LogP contribution in [0.25, 0.3) is 0 Å². The summed E-state index contributed by atoms with van der Waals surface area (Å²) in [7, 11) is -4.62. The molecule has 4 N–H and O–H groups in total. The predicted octanol–water partition coefficient (Wildman–Crippen LogP) is 17.8. The molecule has 68 heavy (non-hydrogen) atoms. The summed E-state index contributed by atoms with van der Waals surface area (Å²) in [4.78, 5) is 33.8. The van der Waals surface area contributed by atoms with Crippen LogP contribution in [0.2, 0.25) is 0 Å². The lowest BCUT2D eigenvalue weighted by molar-refractivity contribution is -0.154. The fraction of sp³-hybridized carbons (Fsp3) is 0.965. The first-order valence-electron chi connectivity index (χ1n) is 29.6. The molecule has 0 saturated carbocycles. The van der Waals surface area contributed by atoms with Crippen LogP contribution in [0.4, 0.5) is 0 Å². The van der Waals surface area contributed by atoms with Crippen LogP contribution >= 0.6 is 7.82 Å². The van der Waals surface area contributed by atoms with Gasteiger partial charge in [0.2, 0.25) is 0 Å². The van der Waals surface area contributed by atoms with Crippen LogP contribution in [0.15, 0.2) is 0 Å². The number of hydrogen-bond donors (Lipinski definition) is 3. The van der Waals surface area contributed by atoms with Crippen molar-refractivity contribution >= 4 is 19.8 Å². The Morgan fingerprint density at radius 2 is 0.676 bits per heavy atom. The van der Waals surface area contributed by atoms with Gasteiger partial charge in [-0.25, -0.2) is 4.57 Å². The van der Waals surface area contributed by atoms with E-state index in [1.807, 2.05) is 0 Å². The Balaban J connectivity index is 3.99. The van der Waals surface area contributed by atoms with Gasteiger partial charge in [-0.2, -0.15) is 0 Å². The van der Waals surface area contributed by atoms with Crippen LogP contribution in [0.3, 0.4) is 0 Å². The van der Waals surface area contributed by atoms with E-state index in [1.54, 1.807) is 0 Å². The summed E-state index contributed by atoms with van der Waals surface area (Å²) < 4.78 is 33.6. The Morgan fingerprint density at radius 3 is 0.971 bits per heavy atom. The average Bonchev–Trinajstić information content (AvgIpc) is 3.32. The molecular weight excluding hydrogens is 874 g/mol. The molecule has 0 bridgehead atoms. The van der Waals surface area contributed by atoms with Gasteiger partial charge in [-0.05, 0) is 12.8 Å². The molecule has 0 aromatic carbocycles. The third-order valence-corrected chi connectivity index (χ3v) is 14.6. The molecule has 0 saturated heterocycles. The number of carbonyl (C=O) groups excluding carboxylic acids is 1. The van der Waals surface area contributed by atoms with Gasteiger partial charge in [-0.3, -0.25) is 18.6 Å². The number of aliphatic carboxylic acids is 1. The molecule has 0 fully saturated rings. The Morgan fingerprint density at radius 1 is 0.412 bits per heavy atom. The molecule has 10 nitrogen and oxygen atoms in total. The van der Waals surface area contributed by atoms with Crippen molar-refractivity contribution in [2.45, 2.75) is 328 Å². The van der Waals surface area contributed by atoms with Gasteiger partial charge >= 0.3 is 19.8 Å². The molecule has 3 atom stereocenters. The van der Waals surface area contributed by atoms with Crippen molar-refractivity contribution in [2.24, 2.45) is 5.73 Å². The Bertz CT molecular complexity index is 1100. The third-order valence-electron chi connectivity index (χ3n) is 13.6. The Hall–Kier alpha value is -1.03. The van der Waals surface area contributed by atoms with Crippen molar-refractivity contribution in [3.63, 3.8) is 0 Å². The summed E-state index contributed by atoms with van der Waals surface area (Å²) in [5.74, 6) is -1.76. The SMILES string of the molecule is CCCCCCCCCCCCCCCCCCCCCCCCCOCC(COP(=O)(O)OCC(N)C(=O)O)OC(=O)CCCCCCCCCCCCCCCCCCCCCCCCC. The number of rotatable bonds is 58. The summed E-state index contributed by atoms with van der Waals surface area (Å²) in [6.45, 7) is 3.98. The maximum absolute atomic E-state index is 12.7. The second-order valence-electron chi connectivity index (χ2n) is 20.5. The Kier molecular flexibility index (Phi) is 52.9. The van der Waals surface area contributed by atoms with Crippen LogP contribution in [0.5, 0.6) is 0 Å². The number of carbonyl (C=O) groups is 2. The summed E-state index contributed by atoms with van der Waals surface area (Å²) in [5.41, 5.74) is 5.39. The average molecular weight is 989 g/mol. The van der Waals surface area contributed by atoms with Crippen molar-refractivity contribution in [2.75, 3.05) is 26.4 Å². The van der Waals surface area contributed by atoms with E-state index in [2.05, 4.69) is 13.8 Å². The third kappa shape index (κ3) is 52.8. The summed E-state index contributed by atoms with van der Waals surface area (Å²) in [6.07, 6.45) is 60.4. The van der Waals surface area contributed by atoms with E-state index in [0.717, 1.165) is 38.5 Å². The molecule has 0 aliphatic heterocycles. The van der Waals surface area contributed by atoms with Gasteiger partial charge < -0.3 is 25.2 Å². The van der Waals surface area contributed by atoms with Gasteiger partial charge in [0.1, 0.15) is 12.1 Å². The number of carboxylic acids is 1. The molecule has 0 radical (unpaired) electrons. The molecular formula is C57H114NO9P. The normalized spacial score (nSPS) is 13.5. The van der Waals surface area contributed by atoms with Crippen molar-refractivity contribution in [1.29, 1.82) is 0 Å². The number of phosphoric ester groups is 1. The van der Waals surface area contributed by atoms with Crippen LogP contribution in [0, 0.1) is 0 Å². The number of hydrogen-bond acceptors (Lipinski definition) is 8. The van der Waals surface area contributed by atoms with Gasteiger partial charge in [-0.1, -0.05) is 296 Å². The fourth-order valence-electron chi connectivity index (χ4n) is 9.08. The molecule has 11 heteroatoms. The lowest BCUT2D eigenvalue weighted by Gasteiger charge is -2.20. The van der Waals surface area contributed by atoms with E-state index in [1.165, 1.54) is 257 Å². The first-order valence-corrected chi connectivity index (χ1v) is 31.1. The van der Waals surface area contributed by atoms with Gasteiger partial charge in [0, 0.05) is 13.0 Å². The van der Waals surface area contributed by atoms with Gasteiger partial charge in [-0.15, -0.1) is 0 Å². The summed E-state index contributed by atoms with van der Waals surface area (Å²) >= 11 is 0. The highest BCUT2D eigenvalue weighted by atomic mass is 31.2. The molecule has 0 heterocycles. The lowest BCUT2D eigenvalue weighted by atomic mass is 10.0. The van der Waals surface area contributed by atoms with Crippen LogP contribution in [-0.4, -0.2) is 60.5 Å². The molecule has 406 valence electrons. The van der Waals surface area contributed by atoms with Gasteiger partial charge in [0.15, 0.2) is 0 Å². The molecule has 0 aromatic heterocycles. The molecule has 0 rings (SSSR count). The van der Waals surface area contributed by atoms with E-state index in [-0.39, 0.29) is 13.0 Å². The molecule has 0 spiro atoms. The second kappa shape index (κ2) is 53.8. The molecule has 0 aliphatic rings. The standard InChI is InChI=1S/C57H114NO9P/c1-3-5-7-9-11-13-15-17-19-21-23-25-27-29-31-33-35-37-39-41-43-45-47-49-56(59)67-54(52-65-68(62,63)66-53-55(58)57(60)61)51-64-50-48-46-44-42-40-38-36-34-32-30-28-26-24-22-20-18-16-14-12-10-8-6-4-2/h54-55H,3-53,58H2,1-2H3,(H,60,61)(H,62,63). The molecule has 0 aromatic rings. The van der Waals surface area contributed by atoms with Gasteiger partial charge in [0.25, 0.3) is 0 Å². The number of unbranched alkanes of at least 4 members (excludes halogenated alkanes) is 44. The van der Waals surface area contributed by atoms with Gasteiger partial charge in [0.05, 0.1) is 19.8 Å². The zero-order valence-electron chi connectivity index (χ0n) is 45.0. The highest BCUT2D eigenvalue weighted by Gasteiger charge is 2.27. The summed E-state index contributed by atoms with van der Waals surface area (Å²) in [6, 6.07) is -1.47. The summed E-state index contributed by atoms with van der Waals surface area (Å²) in [5, 5.41) is 8.95. The van der Waals surface area contributed by atoms with Crippen LogP contribution in [0.1, 0.15) is 316 Å². The number of carboxylic acid groups (broad SMARTS) is 1. The van der Waals surface area contributed by atoms with E-state index in [4.69, 9.17) is 29.4 Å². The molecule has 0 aliphatic carbocycles. The van der Waals surface area contributed by atoms with E-state index in [0.29, 0.717) is 6.61 Å². The zero-order chi connectivity index (χ0) is 49.7. The first kappa shape index (κ1) is 67.0. The van der Waals surface area contributed by atoms with Crippen LogP contribution < -0.4 is 5.73 Å². The number of esters is 1. The fourth-order valence-corrected chi connectivity index (χ4v) is 9.86. The van der Waals surface area contributed by atoms with Crippen molar-refractivity contribution in [1.82, 2.24) is 0 Å². The highest BCUT2D eigenvalue weighted by molar-refractivity contribution is 7.47. The van der Waals surface area contributed by atoms with Crippen molar-refractivity contribution in [3.8, 4) is 0 Å². The van der Waals surface area contributed by atoms with E-state index < -0.39 is 45.1 Å². The topological polar surface area (TPSA) is 155 Å². The number of phosphoric acid groups is 1. The maximum Gasteiger partial charge on any atom is 0.472 e. The highest BCUT2D eigenvalue weighted by Crippen LogP contribution is 2.43. The molecule has 3 unspecified atom stereocenters. The predicted molar refractivity (Wildman–Crippen MR) is 286 cm³/mol. The maximum atomic E-state index is 12.7. The number of ether oxygens (including phenoxy) is 2. The van der Waals surface area contributed by atoms with Crippen molar-refractivity contribution < 1.29 is 42.7 Å². The minimum Gasteiger partial charge on any atom is -0.480 e. The zero-order valence-corrected chi connectivity index (χ0v) is 45.9. The van der Waals surface area contributed by atoms with Crippen molar-refractivity contribution in [3.05, 3.63) is 0 Å². The minimum absolute atomic E-state index is 0.0269. The quantitative estimate of drug-likeness (QED) is 0.0305. The lowest BCUT2D eigenvalue weighted by Crippen LogP contribution is -2.34. The molecule has 0 amide bonds. The first-order chi connectivity index (χ1) is 33.2. The smallest absolute Gasteiger partial charge is 0.472 e.